The number of aryl methyl sites for hydroxylation is 1. The van der Waals surface area contributed by atoms with E-state index >= 15 is 0 Å². The average Bonchev–Trinajstić information content (AvgIpc) is 3.25. The fraction of sp³-hybridized carbons (Fsp3) is 0.227. The Morgan fingerprint density at radius 3 is 2.53 bits per heavy atom. The lowest BCUT2D eigenvalue weighted by Gasteiger charge is -2.18. The van der Waals surface area contributed by atoms with Gasteiger partial charge in [0, 0.05) is 18.7 Å². The molecule has 0 atom stereocenters. The van der Waals surface area contributed by atoms with Gasteiger partial charge in [0.15, 0.2) is 0 Å². The summed E-state index contributed by atoms with van der Waals surface area (Å²) in [6, 6.07) is 11.0. The fourth-order valence-electron chi connectivity index (χ4n) is 3.70. The van der Waals surface area contributed by atoms with Crippen LogP contribution in [-0.4, -0.2) is 28.1 Å². The molecule has 1 fully saturated rings. The van der Waals surface area contributed by atoms with E-state index in [1.165, 1.54) is 12.1 Å². The molecule has 4 rings (SSSR count). The molecular formula is C22H20ClFN4O2. The summed E-state index contributed by atoms with van der Waals surface area (Å²) in [5.74, 6) is -0.609. The third kappa shape index (κ3) is 3.68. The second kappa shape index (κ2) is 7.91. The first-order valence-corrected chi connectivity index (χ1v) is 9.96. The summed E-state index contributed by atoms with van der Waals surface area (Å²) in [4.78, 5) is 26.5. The quantitative estimate of drug-likeness (QED) is 0.659. The summed E-state index contributed by atoms with van der Waals surface area (Å²) in [5.41, 5.74) is 3.47. The van der Waals surface area contributed by atoms with Crippen molar-refractivity contribution >= 4 is 34.8 Å². The van der Waals surface area contributed by atoms with E-state index in [1.54, 1.807) is 53.8 Å². The molecule has 1 aliphatic rings. The molecule has 0 radical (unpaired) electrons. The molecule has 0 unspecified atom stereocenters. The maximum absolute atomic E-state index is 13.2. The molecule has 1 aliphatic heterocycles. The molecule has 30 heavy (non-hydrogen) atoms. The van der Waals surface area contributed by atoms with Crippen molar-refractivity contribution < 1.29 is 14.0 Å². The van der Waals surface area contributed by atoms with Gasteiger partial charge < -0.3 is 10.2 Å². The lowest BCUT2D eigenvalue weighted by Crippen LogP contribution is -2.24. The van der Waals surface area contributed by atoms with Gasteiger partial charge in [0.1, 0.15) is 5.82 Å². The smallest absolute Gasteiger partial charge is 0.259 e. The number of anilines is 2. The van der Waals surface area contributed by atoms with Crippen molar-refractivity contribution in [3.05, 3.63) is 70.3 Å². The highest BCUT2D eigenvalue weighted by atomic mass is 35.5. The first-order valence-electron chi connectivity index (χ1n) is 9.58. The number of aromatic nitrogens is 2. The molecule has 2 amide bonds. The van der Waals surface area contributed by atoms with Gasteiger partial charge in [-0.1, -0.05) is 11.6 Å². The van der Waals surface area contributed by atoms with Crippen molar-refractivity contribution in [2.75, 3.05) is 16.8 Å². The summed E-state index contributed by atoms with van der Waals surface area (Å²) < 4.78 is 14.8. The molecule has 0 spiro atoms. The standard InChI is InChI=1S/C22H20ClFN4O2/c1-13-21(14(2)28(26-13)17-8-5-15(24)6-9-17)22(30)25-16-7-10-19(18(23)12-16)27-11-3-4-20(27)29/h5-10,12H,3-4,11H2,1-2H3,(H,25,30). The maximum atomic E-state index is 13.2. The lowest BCUT2D eigenvalue weighted by molar-refractivity contribution is -0.117. The van der Waals surface area contributed by atoms with Crippen LogP contribution < -0.4 is 10.2 Å². The van der Waals surface area contributed by atoms with E-state index in [2.05, 4.69) is 10.4 Å². The van der Waals surface area contributed by atoms with E-state index in [9.17, 15) is 14.0 Å². The SMILES string of the molecule is Cc1nn(-c2ccc(F)cc2)c(C)c1C(=O)Nc1ccc(N2CCCC2=O)c(Cl)c1. The Balaban J connectivity index is 1.58. The number of hydrogen-bond donors (Lipinski definition) is 1. The summed E-state index contributed by atoms with van der Waals surface area (Å²) in [5, 5.41) is 7.67. The minimum Gasteiger partial charge on any atom is -0.322 e. The van der Waals surface area contributed by atoms with Crippen LogP contribution in [0, 0.1) is 19.7 Å². The molecule has 1 N–H and O–H groups in total. The second-order valence-electron chi connectivity index (χ2n) is 7.20. The average molecular weight is 427 g/mol. The summed E-state index contributed by atoms with van der Waals surface area (Å²) >= 11 is 6.37. The molecule has 6 nitrogen and oxygen atoms in total. The van der Waals surface area contributed by atoms with Gasteiger partial charge in [0.2, 0.25) is 5.91 Å². The van der Waals surface area contributed by atoms with Gasteiger partial charge in [-0.3, -0.25) is 9.59 Å². The molecule has 2 heterocycles. The van der Waals surface area contributed by atoms with Gasteiger partial charge in [-0.15, -0.1) is 0 Å². The molecule has 0 saturated carbocycles. The number of benzene rings is 2. The maximum Gasteiger partial charge on any atom is 0.259 e. The normalized spacial score (nSPS) is 13.7. The zero-order valence-electron chi connectivity index (χ0n) is 16.6. The topological polar surface area (TPSA) is 67.2 Å². The van der Waals surface area contributed by atoms with Gasteiger partial charge >= 0.3 is 0 Å². The largest absolute Gasteiger partial charge is 0.322 e. The number of carbonyl (C=O) groups is 2. The zero-order chi connectivity index (χ0) is 21.4. The van der Waals surface area contributed by atoms with Crippen LogP contribution in [0.4, 0.5) is 15.8 Å². The van der Waals surface area contributed by atoms with Crippen molar-refractivity contribution in [2.24, 2.45) is 0 Å². The van der Waals surface area contributed by atoms with Crippen molar-refractivity contribution in [3.63, 3.8) is 0 Å². The fourth-order valence-corrected chi connectivity index (χ4v) is 3.99. The van der Waals surface area contributed by atoms with E-state index in [1.807, 2.05) is 0 Å². The first-order chi connectivity index (χ1) is 14.3. The number of halogens is 2. The van der Waals surface area contributed by atoms with Crippen LogP contribution in [0.3, 0.4) is 0 Å². The van der Waals surface area contributed by atoms with Crippen LogP contribution >= 0.6 is 11.6 Å². The van der Waals surface area contributed by atoms with Gasteiger partial charge in [0.05, 0.1) is 33.3 Å². The number of carbonyl (C=O) groups excluding carboxylic acids is 2. The van der Waals surface area contributed by atoms with E-state index in [-0.39, 0.29) is 17.6 Å². The molecule has 1 aromatic heterocycles. The Morgan fingerprint density at radius 1 is 1.17 bits per heavy atom. The predicted octanol–water partition coefficient (Wildman–Crippen LogP) is 4.66. The van der Waals surface area contributed by atoms with E-state index < -0.39 is 0 Å². The Kier molecular flexibility index (Phi) is 5.30. The first kappa shape index (κ1) is 20.1. The van der Waals surface area contributed by atoms with E-state index in [0.717, 1.165) is 6.42 Å². The molecule has 0 aliphatic carbocycles. The molecular weight excluding hydrogens is 407 g/mol. The number of amides is 2. The van der Waals surface area contributed by atoms with Crippen molar-refractivity contribution in [1.82, 2.24) is 9.78 Å². The Bertz CT molecular complexity index is 1140. The minimum absolute atomic E-state index is 0.0492. The molecule has 1 saturated heterocycles. The van der Waals surface area contributed by atoms with Crippen molar-refractivity contribution in [1.29, 1.82) is 0 Å². The van der Waals surface area contributed by atoms with Crippen LogP contribution in [0.5, 0.6) is 0 Å². The molecule has 2 aromatic carbocycles. The van der Waals surface area contributed by atoms with Crippen LogP contribution in [0.1, 0.15) is 34.6 Å². The highest BCUT2D eigenvalue weighted by Gasteiger charge is 2.24. The number of nitrogens with one attached hydrogen (secondary N) is 1. The predicted molar refractivity (Wildman–Crippen MR) is 114 cm³/mol. The van der Waals surface area contributed by atoms with Gasteiger partial charge in [0.25, 0.3) is 5.91 Å². The van der Waals surface area contributed by atoms with Crippen LogP contribution in [0.15, 0.2) is 42.5 Å². The van der Waals surface area contributed by atoms with E-state index in [4.69, 9.17) is 11.6 Å². The van der Waals surface area contributed by atoms with Gasteiger partial charge in [-0.25, -0.2) is 9.07 Å². The molecule has 154 valence electrons. The molecule has 0 bridgehead atoms. The van der Waals surface area contributed by atoms with Crippen molar-refractivity contribution in [2.45, 2.75) is 26.7 Å². The van der Waals surface area contributed by atoms with E-state index in [0.29, 0.717) is 52.0 Å². The monoisotopic (exact) mass is 426 g/mol. The number of rotatable bonds is 4. The van der Waals surface area contributed by atoms with Crippen LogP contribution in [0.25, 0.3) is 5.69 Å². The zero-order valence-corrected chi connectivity index (χ0v) is 17.3. The Labute approximate surface area is 178 Å². The van der Waals surface area contributed by atoms with Crippen LogP contribution in [0.2, 0.25) is 5.02 Å². The van der Waals surface area contributed by atoms with Crippen LogP contribution in [-0.2, 0) is 4.79 Å². The minimum atomic E-state index is -0.339. The van der Waals surface area contributed by atoms with Gasteiger partial charge in [-0.05, 0) is 62.7 Å². The third-order valence-corrected chi connectivity index (χ3v) is 5.46. The second-order valence-corrected chi connectivity index (χ2v) is 7.61. The summed E-state index contributed by atoms with van der Waals surface area (Å²) in [6.07, 6.45) is 1.33. The highest BCUT2D eigenvalue weighted by molar-refractivity contribution is 6.34. The summed E-state index contributed by atoms with van der Waals surface area (Å²) in [6.45, 7) is 4.18. The third-order valence-electron chi connectivity index (χ3n) is 5.16. The van der Waals surface area contributed by atoms with Gasteiger partial charge in [-0.2, -0.15) is 5.10 Å². The number of nitrogens with zero attached hydrogens (tertiary/aromatic N) is 3. The lowest BCUT2D eigenvalue weighted by atomic mass is 10.1. The number of hydrogen-bond acceptors (Lipinski definition) is 3. The molecule has 3 aromatic rings. The molecule has 8 heteroatoms. The Morgan fingerprint density at radius 2 is 1.90 bits per heavy atom. The Hall–Kier alpha value is -3.19. The highest BCUT2D eigenvalue weighted by Crippen LogP contribution is 2.32. The van der Waals surface area contributed by atoms with Crippen molar-refractivity contribution in [3.8, 4) is 5.69 Å². The summed E-state index contributed by atoms with van der Waals surface area (Å²) in [7, 11) is 0.